The molecular weight excluding hydrogens is 427 g/mol. The number of morpholine rings is 1. The van der Waals surface area contributed by atoms with E-state index in [9.17, 15) is 0 Å². The zero-order chi connectivity index (χ0) is 16.6. The van der Waals surface area contributed by atoms with Gasteiger partial charge in [0.05, 0.1) is 13.2 Å². The molecule has 3 rings (SSSR count). The van der Waals surface area contributed by atoms with Gasteiger partial charge in [0.15, 0.2) is 5.96 Å². The SMILES string of the molecule is CN=C(NCc1ccc(CN2CCOCC2)cc1)NC1CCCC1.I. The summed E-state index contributed by atoms with van der Waals surface area (Å²) in [4.78, 5) is 6.79. The average Bonchev–Trinajstić information content (AvgIpc) is 3.14. The van der Waals surface area contributed by atoms with Crippen molar-refractivity contribution >= 4 is 29.9 Å². The highest BCUT2D eigenvalue weighted by atomic mass is 127. The quantitative estimate of drug-likeness (QED) is 0.405. The number of benzene rings is 1. The van der Waals surface area contributed by atoms with Crippen molar-refractivity contribution in [2.45, 2.75) is 44.8 Å². The van der Waals surface area contributed by atoms with Crippen molar-refractivity contribution in [1.82, 2.24) is 15.5 Å². The van der Waals surface area contributed by atoms with Gasteiger partial charge in [0, 0.05) is 39.3 Å². The Labute approximate surface area is 168 Å². The number of ether oxygens (including phenoxy) is 1. The second kappa shape index (κ2) is 11.0. The number of rotatable bonds is 5. The summed E-state index contributed by atoms with van der Waals surface area (Å²) in [6, 6.07) is 9.49. The molecule has 0 amide bonds. The summed E-state index contributed by atoms with van der Waals surface area (Å²) < 4.78 is 5.40. The number of hydrogen-bond donors (Lipinski definition) is 2. The first kappa shape index (κ1) is 20.5. The molecule has 1 aromatic carbocycles. The molecule has 5 nitrogen and oxygen atoms in total. The molecule has 1 aromatic rings. The minimum absolute atomic E-state index is 0. The first-order valence-electron chi connectivity index (χ1n) is 9.18. The van der Waals surface area contributed by atoms with Gasteiger partial charge in [0.2, 0.25) is 0 Å². The Morgan fingerprint density at radius 3 is 2.40 bits per heavy atom. The van der Waals surface area contributed by atoms with E-state index in [-0.39, 0.29) is 24.0 Å². The molecule has 0 atom stereocenters. The van der Waals surface area contributed by atoms with E-state index in [4.69, 9.17) is 4.74 Å². The van der Waals surface area contributed by atoms with E-state index in [0.717, 1.165) is 45.4 Å². The van der Waals surface area contributed by atoms with Crippen molar-refractivity contribution in [1.29, 1.82) is 0 Å². The van der Waals surface area contributed by atoms with Gasteiger partial charge in [-0.2, -0.15) is 0 Å². The summed E-state index contributed by atoms with van der Waals surface area (Å²) in [7, 11) is 1.84. The predicted octanol–water partition coefficient (Wildman–Crippen LogP) is 2.74. The molecule has 0 aromatic heterocycles. The molecule has 6 heteroatoms. The van der Waals surface area contributed by atoms with E-state index in [0.29, 0.717) is 6.04 Å². The summed E-state index contributed by atoms with van der Waals surface area (Å²) >= 11 is 0. The second-order valence-corrected chi connectivity index (χ2v) is 6.76. The van der Waals surface area contributed by atoms with Gasteiger partial charge in [-0.15, -0.1) is 24.0 Å². The van der Waals surface area contributed by atoms with Crippen LogP contribution in [0, 0.1) is 0 Å². The molecule has 0 radical (unpaired) electrons. The highest BCUT2D eigenvalue weighted by Crippen LogP contribution is 2.17. The van der Waals surface area contributed by atoms with E-state index in [1.54, 1.807) is 0 Å². The fourth-order valence-electron chi connectivity index (χ4n) is 3.42. The molecule has 2 fully saturated rings. The molecular formula is C19H31IN4O. The Bertz CT molecular complexity index is 523. The summed E-state index contributed by atoms with van der Waals surface area (Å²) in [6.07, 6.45) is 5.19. The Morgan fingerprint density at radius 2 is 1.76 bits per heavy atom. The van der Waals surface area contributed by atoms with E-state index < -0.39 is 0 Å². The van der Waals surface area contributed by atoms with Gasteiger partial charge in [-0.3, -0.25) is 9.89 Å². The summed E-state index contributed by atoms with van der Waals surface area (Å²) in [5, 5.41) is 6.95. The van der Waals surface area contributed by atoms with Crippen molar-refractivity contribution in [3.05, 3.63) is 35.4 Å². The highest BCUT2D eigenvalue weighted by Gasteiger charge is 2.15. The van der Waals surface area contributed by atoms with Crippen molar-refractivity contribution in [2.24, 2.45) is 4.99 Å². The predicted molar refractivity (Wildman–Crippen MR) is 114 cm³/mol. The minimum Gasteiger partial charge on any atom is -0.379 e. The van der Waals surface area contributed by atoms with Crippen LogP contribution in [0.25, 0.3) is 0 Å². The van der Waals surface area contributed by atoms with Crippen LogP contribution in [0.5, 0.6) is 0 Å². The van der Waals surface area contributed by atoms with E-state index in [1.165, 1.54) is 36.8 Å². The zero-order valence-electron chi connectivity index (χ0n) is 15.2. The molecule has 1 aliphatic heterocycles. The molecule has 2 aliphatic rings. The smallest absolute Gasteiger partial charge is 0.191 e. The lowest BCUT2D eigenvalue weighted by atomic mass is 10.1. The van der Waals surface area contributed by atoms with Crippen molar-refractivity contribution in [2.75, 3.05) is 33.4 Å². The van der Waals surface area contributed by atoms with Crippen molar-refractivity contribution < 1.29 is 4.74 Å². The Kier molecular flexibility index (Phi) is 8.98. The molecule has 25 heavy (non-hydrogen) atoms. The maximum Gasteiger partial charge on any atom is 0.191 e. The zero-order valence-corrected chi connectivity index (χ0v) is 17.5. The number of nitrogens with zero attached hydrogens (tertiary/aromatic N) is 2. The lowest BCUT2D eigenvalue weighted by molar-refractivity contribution is 0.0342. The van der Waals surface area contributed by atoms with Gasteiger partial charge in [-0.1, -0.05) is 37.1 Å². The Morgan fingerprint density at radius 1 is 1.12 bits per heavy atom. The van der Waals surface area contributed by atoms with E-state index >= 15 is 0 Å². The fourth-order valence-corrected chi connectivity index (χ4v) is 3.42. The second-order valence-electron chi connectivity index (χ2n) is 6.76. The summed E-state index contributed by atoms with van der Waals surface area (Å²) in [6.45, 7) is 5.61. The lowest BCUT2D eigenvalue weighted by Crippen LogP contribution is -2.41. The number of aliphatic imine (C=N–C) groups is 1. The number of guanidine groups is 1. The third-order valence-corrected chi connectivity index (χ3v) is 4.91. The van der Waals surface area contributed by atoms with Gasteiger partial charge in [-0.05, 0) is 24.0 Å². The third kappa shape index (κ3) is 6.75. The monoisotopic (exact) mass is 458 g/mol. The normalized spacial score (nSPS) is 19.5. The van der Waals surface area contributed by atoms with Crippen LogP contribution in [-0.2, 0) is 17.8 Å². The van der Waals surface area contributed by atoms with Crippen LogP contribution >= 0.6 is 24.0 Å². The standard InChI is InChI=1S/C19H30N4O.HI/c1-20-19(22-18-4-2-3-5-18)21-14-16-6-8-17(9-7-16)15-23-10-12-24-13-11-23;/h6-9,18H,2-5,10-15H2,1H3,(H2,20,21,22);1H. The molecule has 0 spiro atoms. The first-order valence-corrected chi connectivity index (χ1v) is 9.18. The van der Waals surface area contributed by atoms with Gasteiger partial charge in [-0.25, -0.2) is 0 Å². The molecule has 1 saturated heterocycles. The topological polar surface area (TPSA) is 48.9 Å². The van der Waals surface area contributed by atoms with Crippen molar-refractivity contribution in [3.63, 3.8) is 0 Å². The maximum atomic E-state index is 5.40. The molecule has 2 N–H and O–H groups in total. The van der Waals surface area contributed by atoms with Crippen LogP contribution in [0.4, 0.5) is 0 Å². The van der Waals surface area contributed by atoms with Crippen LogP contribution in [-0.4, -0.2) is 50.3 Å². The molecule has 1 saturated carbocycles. The Hall–Kier alpha value is -0.860. The maximum absolute atomic E-state index is 5.40. The molecule has 0 bridgehead atoms. The average molecular weight is 458 g/mol. The van der Waals surface area contributed by atoms with Gasteiger partial charge >= 0.3 is 0 Å². The van der Waals surface area contributed by atoms with Crippen molar-refractivity contribution in [3.8, 4) is 0 Å². The van der Waals surface area contributed by atoms with Gasteiger partial charge < -0.3 is 15.4 Å². The number of hydrogen-bond acceptors (Lipinski definition) is 3. The summed E-state index contributed by atoms with van der Waals surface area (Å²) in [5.41, 5.74) is 2.66. The Balaban J connectivity index is 0.00000225. The molecule has 0 unspecified atom stereocenters. The minimum atomic E-state index is 0. The number of halogens is 1. The lowest BCUT2D eigenvalue weighted by Gasteiger charge is -2.26. The largest absolute Gasteiger partial charge is 0.379 e. The fraction of sp³-hybridized carbons (Fsp3) is 0.632. The van der Waals surface area contributed by atoms with Gasteiger partial charge in [0.25, 0.3) is 0 Å². The molecule has 1 heterocycles. The molecule has 1 aliphatic carbocycles. The van der Waals surface area contributed by atoms with E-state index in [1.807, 2.05) is 7.05 Å². The summed E-state index contributed by atoms with van der Waals surface area (Å²) in [5.74, 6) is 0.916. The van der Waals surface area contributed by atoms with Gasteiger partial charge in [0.1, 0.15) is 0 Å². The highest BCUT2D eigenvalue weighted by molar-refractivity contribution is 14.0. The number of nitrogens with one attached hydrogen (secondary N) is 2. The van der Waals surface area contributed by atoms with Crippen LogP contribution < -0.4 is 10.6 Å². The van der Waals surface area contributed by atoms with Crippen LogP contribution in [0.1, 0.15) is 36.8 Å². The van der Waals surface area contributed by atoms with Crippen LogP contribution in [0.2, 0.25) is 0 Å². The van der Waals surface area contributed by atoms with Crippen LogP contribution in [0.15, 0.2) is 29.3 Å². The molecule has 140 valence electrons. The first-order chi connectivity index (χ1) is 11.8. The van der Waals surface area contributed by atoms with E-state index in [2.05, 4.69) is 44.8 Å². The third-order valence-electron chi connectivity index (χ3n) is 4.91. The van der Waals surface area contributed by atoms with Crippen LogP contribution in [0.3, 0.4) is 0 Å².